The van der Waals surface area contributed by atoms with Crippen molar-refractivity contribution in [3.8, 4) is 0 Å². The first-order valence-electron chi connectivity index (χ1n) is 6.58. The van der Waals surface area contributed by atoms with Crippen molar-refractivity contribution in [1.29, 1.82) is 0 Å². The molecule has 0 saturated carbocycles. The van der Waals surface area contributed by atoms with Crippen molar-refractivity contribution in [2.75, 3.05) is 20.1 Å². The molecule has 100 valence electrons. The van der Waals surface area contributed by atoms with Crippen LogP contribution in [0.4, 0.5) is 0 Å². The van der Waals surface area contributed by atoms with Crippen LogP contribution in [0.25, 0.3) is 0 Å². The zero-order valence-electron chi connectivity index (χ0n) is 11.3. The molecule has 1 saturated heterocycles. The molecule has 2 rings (SSSR count). The summed E-state index contributed by atoms with van der Waals surface area (Å²) < 4.78 is 0. The molecule has 3 heteroatoms. The molecule has 1 aliphatic heterocycles. The van der Waals surface area contributed by atoms with E-state index < -0.39 is 5.97 Å². The zero-order valence-corrected chi connectivity index (χ0v) is 11.3. The minimum Gasteiger partial charge on any atom is -0.481 e. The number of nitrogens with zero attached hydrogens (tertiary/aromatic N) is 1. The summed E-state index contributed by atoms with van der Waals surface area (Å²) >= 11 is 0. The maximum Gasteiger partial charge on any atom is 0.303 e. The van der Waals surface area contributed by atoms with Crippen LogP contribution in [0.2, 0.25) is 0 Å². The number of carbonyl (C=O) groups is 1. The van der Waals surface area contributed by atoms with Crippen LogP contribution in [0.5, 0.6) is 0 Å². The van der Waals surface area contributed by atoms with Gasteiger partial charge in [-0.15, -0.1) is 0 Å². The smallest absolute Gasteiger partial charge is 0.303 e. The lowest BCUT2D eigenvalue weighted by Gasteiger charge is -2.29. The number of carboxylic acid groups (broad SMARTS) is 1. The minimum absolute atomic E-state index is 0.222. The van der Waals surface area contributed by atoms with E-state index in [9.17, 15) is 4.79 Å². The molecule has 0 aromatic heterocycles. The first-order chi connectivity index (χ1) is 8.63. The van der Waals surface area contributed by atoms with Gasteiger partial charge in [-0.05, 0) is 44.5 Å². The molecule has 1 aliphatic rings. The van der Waals surface area contributed by atoms with Crippen molar-refractivity contribution in [3.05, 3.63) is 35.9 Å². The van der Waals surface area contributed by atoms with Crippen molar-refractivity contribution < 1.29 is 9.90 Å². The van der Waals surface area contributed by atoms with E-state index >= 15 is 0 Å². The fourth-order valence-corrected chi connectivity index (χ4v) is 2.07. The quantitative estimate of drug-likeness (QED) is 0.876. The van der Waals surface area contributed by atoms with Gasteiger partial charge in [0.25, 0.3) is 0 Å². The van der Waals surface area contributed by atoms with Gasteiger partial charge in [-0.25, -0.2) is 0 Å². The molecule has 0 amide bonds. The Labute approximate surface area is 109 Å². The predicted octanol–water partition coefficient (Wildman–Crippen LogP) is 2.98. The second-order valence-corrected chi connectivity index (χ2v) is 4.74. The third kappa shape index (κ3) is 5.32. The molecule has 0 atom stereocenters. The summed E-state index contributed by atoms with van der Waals surface area (Å²) in [7, 11) is 2.21. The zero-order chi connectivity index (χ0) is 13.4. The van der Waals surface area contributed by atoms with Gasteiger partial charge >= 0.3 is 5.97 Å². The second kappa shape index (κ2) is 7.88. The average Bonchev–Trinajstić information content (AvgIpc) is 2.41. The summed E-state index contributed by atoms with van der Waals surface area (Å²) in [6, 6.07) is 10.9. The van der Waals surface area contributed by atoms with E-state index in [1.165, 1.54) is 31.5 Å². The third-order valence-corrected chi connectivity index (χ3v) is 3.29. The SMILES string of the molecule is CCC(=O)O.CN1CCC(c2ccccc2)CC1. The van der Waals surface area contributed by atoms with Crippen LogP contribution in [0.15, 0.2) is 30.3 Å². The van der Waals surface area contributed by atoms with Gasteiger partial charge in [0.1, 0.15) is 0 Å². The fourth-order valence-electron chi connectivity index (χ4n) is 2.07. The van der Waals surface area contributed by atoms with Crippen molar-refractivity contribution >= 4 is 5.97 Å². The highest BCUT2D eigenvalue weighted by atomic mass is 16.4. The maximum atomic E-state index is 9.37. The summed E-state index contributed by atoms with van der Waals surface area (Å²) in [4.78, 5) is 11.8. The lowest BCUT2D eigenvalue weighted by Crippen LogP contribution is -2.29. The number of carboxylic acids is 1. The van der Waals surface area contributed by atoms with Crippen molar-refractivity contribution in [2.45, 2.75) is 32.1 Å². The first kappa shape index (κ1) is 14.7. The Kier molecular flexibility index (Phi) is 6.44. The Bertz CT molecular complexity index is 343. The molecule has 1 fully saturated rings. The molecule has 1 heterocycles. The van der Waals surface area contributed by atoms with E-state index in [1.807, 2.05) is 0 Å². The van der Waals surface area contributed by atoms with Gasteiger partial charge in [0.2, 0.25) is 0 Å². The molecule has 0 aliphatic carbocycles. The molecular weight excluding hydrogens is 226 g/mol. The Morgan fingerprint density at radius 3 is 2.22 bits per heavy atom. The lowest BCUT2D eigenvalue weighted by molar-refractivity contribution is -0.136. The van der Waals surface area contributed by atoms with E-state index in [0.29, 0.717) is 0 Å². The third-order valence-electron chi connectivity index (χ3n) is 3.29. The monoisotopic (exact) mass is 249 g/mol. The standard InChI is InChI=1S/C12H17N.C3H6O2/c1-13-9-7-12(8-10-13)11-5-3-2-4-6-11;1-2-3(4)5/h2-6,12H,7-10H2,1H3;2H2,1H3,(H,4,5). The lowest BCUT2D eigenvalue weighted by atomic mass is 9.90. The van der Waals surface area contributed by atoms with E-state index in [0.717, 1.165) is 5.92 Å². The summed E-state index contributed by atoms with van der Waals surface area (Å²) in [6.45, 7) is 4.10. The fraction of sp³-hybridized carbons (Fsp3) is 0.533. The predicted molar refractivity (Wildman–Crippen MR) is 73.8 cm³/mol. The normalized spacial score (nSPS) is 16.8. The summed E-state index contributed by atoms with van der Waals surface area (Å²) in [5.74, 6) is 0.0578. The number of piperidine rings is 1. The largest absolute Gasteiger partial charge is 0.481 e. The van der Waals surface area contributed by atoms with Gasteiger partial charge in [-0.3, -0.25) is 4.79 Å². The van der Waals surface area contributed by atoms with Crippen LogP contribution in [0.3, 0.4) is 0 Å². The number of hydrogen-bond donors (Lipinski definition) is 1. The van der Waals surface area contributed by atoms with Gasteiger partial charge in [0, 0.05) is 6.42 Å². The Balaban J connectivity index is 0.000000280. The molecule has 1 aromatic carbocycles. The molecular formula is C15H23NO2. The second-order valence-electron chi connectivity index (χ2n) is 4.74. The summed E-state index contributed by atoms with van der Waals surface area (Å²) in [5.41, 5.74) is 1.52. The molecule has 1 aromatic rings. The molecule has 0 bridgehead atoms. The van der Waals surface area contributed by atoms with Gasteiger partial charge < -0.3 is 10.0 Å². The molecule has 0 spiro atoms. The van der Waals surface area contributed by atoms with Crippen molar-refractivity contribution in [2.24, 2.45) is 0 Å². The van der Waals surface area contributed by atoms with Gasteiger partial charge in [-0.1, -0.05) is 37.3 Å². The van der Waals surface area contributed by atoms with Crippen LogP contribution in [0.1, 0.15) is 37.7 Å². The summed E-state index contributed by atoms with van der Waals surface area (Å²) in [6.07, 6.45) is 2.86. The number of likely N-dealkylation sites (tertiary alicyclic amines) is 1. The number of hydrogen-bond acceptors (Lipinski definition) is 2. The van der Waals surface area contributed by atoms with E-state index in [4.69, 9.17) is 5.11 Å². The molecule has 1 N–H and O–H groups in total. The number of rotatable bonds is 2. The highest BCUT2D eigenvalue weighted by Crippen LogP contribution is 2.26. The minimum atomic E-state index is -0.745. The summed E-state index contributed by atoms with van der Waals surface area (Å²) in [5, 5.41) is 7.72. The van der Waals surface area contributed by atoms with Gasteiger partial charge in [0.15, 0.2) is 0 Å². The van der Waals surface area contributed by atoms with E-state index in [1.54, 1.807) is 6.92 Å². The number of benzene rings is 1. The van der Waals surface area contributed by atoms with Crippen molar-refractivity contribution in [1.82, 2.24) is 4.90 Å². The average molecular weight is 249 g/mol. The van der Waals surface area contributed by atoms with Crippen LogP contribution in [-0.2, 0) is 4.79 Å². The Morgan fingerprint density at radius 1 is 1.28 bits per heavy atom. The van der Waals surface area contributed by atoms with Gasteiger partial charge in [0.05, 0.1) is 0 Å². The number of aliphatic carboxylic acids is 1. The van der Waals surface area contributed by atoms with Crippen molar-refractivity contribution in [3.63, 3.8) is 0 Å². The topological polar surface area (TPSA) is 40.5 Å². The molecule has 3 nitrogen and oxygen atoms in total. The highest BCUT2D eigenvalue weighted by molar-refractivity contribution is 5.66. The van der Waals surface area contributed by atoms with Crippen LogP contribution < -0.4 is 0 Å². The molecule has 18 heavy (non-hydrogen) atoms. The molecule has 0 unspecified atom stereocenters. The van der Waals surface area contributed by atoms with Crippen LogP contribution >= 0.6 is 0 Å². The maximum absolute atomic E-state index is 9.37. The Hall–Kier alpha value is -1.35. The van der Waals surface area contributed by atoms with Crippen LogP contribution in [0, 0.1) is 0 Å². The first-order valence-corrected chi connectivity index (χ1v) is 6.58. The van der Waals surface area contributed by atoms with E-state index in [-0.39, 0.29) is 6.42 Å². The Morgan fingerprint density at radius 2 is 1.78 bits per heavy atom. The molecule has 0 radical (unpaired) electrons. The highest BCUT2D eigenvalue weighted by Gasteiger charge is 2.17. The van der Waals surface area contributed by atoms with Crippen LogP contribution in [-0.4, -0.2) is 36.1 Å². The van der Waals surface area contributed by atoms with Gasteiger partial charge in [-0.2, -0.15) is 0 Å². The van der Waals surface area contributed by atoms with E-state index in [2.05, 4.69) is 42.3 Å².